The summed E-state index contributed by atoms with van der Waals surface area (Å²) in [4.78, 5) is 8.01. The molecule has 0 unspecified atom stereocenters. The van der Waals surface area contributed by atoms with Crippen molar-refractivity contribution in [1.82, 2.24) is 9.55 Å². The van der Waals surface area contributed by atoms with Crippen LogP contribution in [-0.4, -0.2) is 21.8 Å². The van der Waals surface area contributed by atoms with E-state index in [0.717, 1.165) is 5.69 Å². The molecule has 64 valence electrons. The van der Waals surface area contributed by atoms with Gasteiger partial charge in [0.25, 0.3) is 0 Å². The van der Waals surface area contributed by atoms with E-state index < -0.39 is 0 Å². The Hall–Kier alpha value is -1.09. The van der Waals surface area contributed by atoms with E-state index in [1.165, 1.54) is 0 Å². The van der Waals surface area contributed by atoms with Gasteiger partial charge in [0, 0.05) is 19.4 Å². The lowest BCUT2D eigenvalue weighted by Crippen LogP contribution is -2.00. The Labute approximate surface area is 76.4 Å². The van der Waals surface area contributed by atoms with E-state index in [4.69, 9.17) is 11.6 Å². The highest BCUT2D eigenvalue weighted by atomic mass is 35.5. The van der Waals surface area contributed by atoms with E-state index in [1.54, 1.807) is 17.8 Å². The third-order valence-corrected chi connectivity index (χ3v) is 1.77. The maximum absolute atomic E-state index is 5.81. The number of aromatic nitrogens is 2. The second-order valence-electron chi connectivity index (χ2n) is 2.31. The van der Waals surface area contributed by atoms with Gasteiger partial charge >= 0.3 is 0 Å². The number of rotatable bonds is 2. The molecule has 0 radical (unpaired) electrons. The number of aliphatic imine (C=N–C) groups is 1. The first-order valence-electron chi connectivity index (χ1n) is 3.49. The van der Waals surface area contributed by atoms with Crippen LogP contribution >= 0.6 is 11.6 Å². The molecule has 0 atom stereocenters. The van der Waals surface area contributed by atoms with Crippen molar-refractivity contribution >= 4 is 23.0 Å². The van der Waals surface area contributed by atoms with Crippen molar-refractivity contribution in [2.75, 3.05) is 7.05 Å². The molecule has 0 aliphatic rings. The summed E-state index contributed by atoms with van der Waals surface area (Å²) in [6, 6.07) is 0. The summed E-state index contributed by atoms with van der Waals surface area (Å²) >= 11 is 5.81. The molecule has 12 heavy (non-hydrogen) atoms. The van der Waals surface area contributed by atoms with Gasteiger partial charge < -0.3 is 4.57 Å². The number of hydrogen-bond donors (Lipinski definition) is 0. The zero-order chi connectivity index (χ0) is 9.14. The van der Waals surface area contributed by atoms with Crippen LogP contribution < -0.4 is 0 Å². The Morgan fingerprint density at radius 3 is 3.00 bits per heavy atom. The van der Waals surface area contributed by atoms with Crippen LogP contribution in [0.2, 0.25) is 0 Å². The molecule has 3 nitrogen and oxygen atoms in total. The molecule has 1 aromatic rings. The summed E-state index contributed by atoms with van der Waals surface area (Å²) in [6.45, 7) is 5.52. The Morgan fingerprint density at radius 1 is 1.83 bits per heavy atom. The van der Waals surface area contributed by atoms with Crippen molar-refractivity contribution in [3.63, 3.8) is 0 Å². The number of hydrogen-bond acceptors (Lipinski definition) is 2. The van der Waals surface area contributed by atoms with Gasteiger partial charge in [0.15, 0.2) is 11.0 Å². The van der Waals surface area contributed by atoms with Crippen LogP contribution in [0, 0.1) is 6.92 Å². The number of aryl methyl sites for hydroxylation is 1. The first-order valence-corrected chi connectivity index (χ1v) is 3.87. The monoisotopic (exact) mass is 183 g/mol. The molecule has 1 rings (SSSR count). The van der Waals surface area contributed by atoms with E-state index in [1.807, 2.05) is 13.1 Å². The molecule has 0 aliphatic carbocycles. The summed E-state index contributed by atoms with van der Waals surface area (Å²) in [5.74, 6) is 0.631. The molecule has 0 amide bonds. The zero-order valence-corrected chi connectivity index (χ0v) is 7.84. The third-order valence-electron chi connectivity index (χ3n) is 1.43. The van der Waals surface area contributed by atoms with Gasteiger partial charge in [-0.1, -0.05) is 18.2 Å². The fourth-order valence-corrected chi connectivity index (χ4v) is 1.05. The predicted octanol–water partition coefficient (Wildman–Crippen LogP) is 1.91. The van der Waals surface area contributed by atoms with E-state index in [9.17, 15) is 0 Å². The molecular formula is C8H10ClN3. The second-order valence-corrected chi connectivity index (χ2v) is 2.67. The zero-order valence-electron chi connectivity index (χ0n) is 7.08. The minimum Gasteiger partial charge on any atom is -0.305 e. The molecule has 0 bridgehead atoms. The summed E-state index contributed by atoms with van der Waals surface area (Å²) in [7, 11) is 1.62. The van der Waals surface area contributed by atoms with Crippen LogP contribution in [0.3, 0.4) is 0 Å². The molecule has 4 heteroatoms. The highest BCUT2D eigenvalue weighted by Gasteiger charge is 2.06. The van der Waals surface area contributed by atoms with Gasteiger partial charge in [0.2, 0.25) is 0 Å². The van der Waals surface area contributed by atoms with Crippen LogP contribution in [0.5, 0.6) is 0 Å². The Morgan fingerprint density at radius 2 is 2.50 bits per heavy atom. The highest BCUT2D eigenvalue weighted by molar-refractivity contribution is 6.69. The fourth-order valence-electron chi connectivity index (χ4n) is 0.908. The minimum atomic E-state index is 0.392. The fraction of sp³-hybridized carbons (Fsp3) is 0.250. The van der Waals surface area contributed by atoms with E-state index in [-0.39, 0.29) is 0 Å². The van der Waals surface area contributed by atoms with E-state index >= 15 is 0 Å². The van der Waals surface area contributed by atoms with Crippen LogP contribution in [0.1, 0.15) is 11.5 Å². The Bertz CT molecular complexity index is 325. The average molecular weight is 184 g/mol. The maximum atomic E-state index is 5.81. The minimum absolute atomic E-state index is 0.392. The molecular weight excluding hydrogens is 174 g/mol. The molecule has 0 aromatic carbocycles. The summed E-state index contributed by atoms with van der Waals surface area (Å²) in [5, 5.41) is 0.392. The number of imidazole rings is 1. The predicted molar refractivity (Wildman–Crippen MR) is 51.7 cm³/mol. The molecule has 0 aliphatic heterocycles. The maximum Gasteiger partial charge on any atom is 0.174 e. The quantitative estimate of drug-likeness (QED) is 0.645. The van der Waals surface area contributed by atoms with Gasteiger partial charge in [-0.25, -0.2) is 4.98 Å². The molecule has 0 N–H and O–H groups in total. The summed E-state index contributed by atoms with van der Waals surface area (Å²) in [5.41, 5.74) is 0.895. The summed E-state index contributed by atoms with van der Waals surface area (Å²) in [6.07, 6.45) is 3.48. The Balaban J connectivity index is 3.22. The Kier molecular flexibility index (Phi) is 2.65. The molecule has 0 fully saturated rings. The standard InChI is InChI=1S/C8H10ClN3/c1-4-12-5-6(2)11-8(12)7(9)10-3/h4-5H,1H2,2-3H3. The topological polar surface area (TPSA) is 30.2 Å². The third kappa shape index (κ3) is 1.56. The first-order chi connectivity index (χ1) is 5.69. The van der Waals surface area contributed by atoms with Crippen LogP contribution in [-0.2, 0) is 0 Å². The van der Waals surface area contributed by atoms with Gasteiger partial charge in [-0.15, -0.1) is 0 Å². The summed E-state index contributed by atoms with van der Waals surface area (Å²) < 4.78 is 1.74. The van der Waals surface area contributed by atoms with Crippen molar-refractivity contribution in [3.05, 3.63) is 24.3 Å². The first kappa shape index (κ1) is 9.00. The normalized spacial score (nSPS) is 11.8. The number of halogens is 1. The van der Waals surface area contributed by atoms with Gasteiger partial charge in [-0.2, -0.15) is 0 Å². The van der Waals surface area contributed by atoms with Crippen molar-refractivity contribution in [1.29, 1.82) is 0 Å². The highest BCUT2D eigenvalue weighted by Crippen LogP contribution is 2.06. The molecule has 0 saturated heterocycles. The largest absolute Gasteiger partial charge is 0.305 e. The second kappa shape index (κ2) is 3.54. The van der Waals surface area contributed by atoms with Crippen molar-refractivity contribution in [2.24, 2.45) is 4.99 Å². The molecule has 1 heterocycles. The van der Waals surface area contributed by atoms with Crippen LogP contribution in [0.4, 0.5) is 0 Å². The van der Waals surface area contributed by atoms with Crippen molar-refractivity contribution in [3.8, 4) is 0 Å². The molecule has 0 saturated carbocycles. The lowest BCUT2D eigenvalue weighted by atomic mass is 10.6. The van der Waals surface area contributed by atoms with Gasteiger partial charge in [-0.05, 0) is 6.92 Å². The van der Waals surface area contributed by atoms with E-state index in [0.29, 0.717) is 11.0 Å². The molecule has 1 aromatic heterocycles. The van der Waals surface area contributed by atoms with Gasteiger partial charge in [0.1, 0.15) is 0 Å². The number of nitrogens with zero attached hydrogens (tertiary/aromatic N) is 3. The SMILES string of the molecule is C=Cn1cc(C)nc1C(Cl)=NC. The van der Waals surface area contributed by atoms with Crippen LogP contribution in [0.15, 0.2) is 17.8 Å². The lowest BCUT2D eigenvalue weighted by Gasteiger charge is -1.96. The van der Waals surface area contributed by atoms with Crippen molar-refractivity contribution in [2.45, 2.75) is 6.92 Å². The molecule has 0 spiro atoms. The van der Waals surface area contributed by atoms with Gasteiger partial charge in [0.05, 0.1) is 5.69 Å². The van der Waals surface area contributed by atoms with E-state index in [2.05, 4.69) is 16.6 Å². The van der Waals surface area contributed by atoms with Crippen LogP contribution in [0.25, 0.3) is 6.20 Å². The average Bonchev–Trinajstić information content (AvgIpc) is 2.45. The van der Waals surface area contributed by atoms with Crippen molar-refractivity contribution < 1.29 is 0 Å². The lowest BCUT2D eigenvalue weighted by molar-refractivity contribution is 1.11. The smallest absolute Gasteiger partial charge is 0.174 e. The van der Waals surface area contributed by atoms with Gasteiger partial charge in [-0.3, -0.25) is 4.99 Å².